The molecule has 0 unspecified atom stereocenters. The van der Waals surface area contributed by atoms with Gasteiger partial charge in [0.05, 0.1) is 11.7 Å². The van der Waals surface area contributed by atoms with E-state index in [1.54, 1.807) is 0 Å². The average molecular weight is 165 g/mol. The first-order chi connectivity index (χ1) is 5.43. The van der Waals surface area contributed by atoms with Crippen LogP contribution in [0.25, 0.3) is 0 Å². The molecule has 1 aromatic carbocycles. The molecule has 0 saturated carbocycles. The lowest BCUT2D eigenvalue weighted by atomic mass is 10.2. The highest BCUT2D eigenvalue weighted by atomic mass is 32.1. The molecule has 0 radical (unpaired) electrons. The summed E-state index contributed by atoms with van der Waals surface area (Å²) >= 11 is 4.45. The van der Waals surface area contributed by atoms with E-state index < -0.39 is 0 Å². The molecule has 56 valence electrons. The Bertz CT molecular complexity index is 250. The van der Waals surface area contributed by atoms with Crippen molar-refractivity contribution in [2.24, 2.45) is 4.99 Å². The van der Waals surface area contributed by atoms with Crippen molar-refractivity contribution in [3.05, 3.63) is 35.9 Å². The number of benzene rings is 1. The van der Waals surface area contributed by atoms with Gasteiger partial charge < -0.3 is 0 Å². The second kappa shape index (κ2) is 4.78. The van der Waals surface area contributed by atoms with Gasteiger partial charge in [-0.3, -0.25) is 0 Å². The molecule has 0 aliphatic heterocycles. The van der Waals surface area contributed by atoms with Gasteiger partial charge in [-0.1, -0.05) is 30.3 Å². The fourth-order valence-corrected chi connectivity index (χ4v) is 0.967. The van der Waals surface area contributed by atoms with Crippen molar-refractivity contribution < 1.29 is 0 Å². The van der Waals surface area contributed by atoms with Gasteiger partial charge in [0.15, 0.2) is 0 Å². The number of hydrogen-bond donors (Lipinski definition) is 0. The second-order valence-electron chi connectivity index (χ2n) is 2.21. The Kier molecular flexibility index (Phi) is 3.53. The van der Waals surface area contributed by atoms with Crippen LogP contribution in [0.2, 0.25) is 0 Å². The van der Waals surface area contributed by atoms with E-state index >= 15 is 0 Å². The topological polar surface area (TPSA) is 12.4 Å². The lowest BCUT2D eigenvalue weighted by Gasteiger charge is -1.94. The standard InChI is InChI=1S/C9H9NS/c11-8-10-7-6-9-4-2-1-3-5-9/h1-5H,6-7H2/i7+2. The number of isothiocyanates is 1. The third-order valence-corrected chi connectivity index (χ3v) is 1.55. The van der Waals surface area contributed by atoms with Gasteiger partial charge in [-0.2, -0.15) is 0 Å². The molecule has 0 bridgehead atoms. The summed E-state index contributed by atoms with van der Waals surface area (Å²) in [6.45, 7) is 0.744. The van der Waals surface area contributed by atoms with Crippen molar-refractivity contribution in [2.75, 3.05) is 6.54 Å². The maximum atomic E-state index is 4.45. The molecular weight excluding hydrogens is 156 g/mol. The van der Waals surface area contributed by atoms with E-state index in [1.165, 1.54) is 5.56 Å². The fraction of sp³-hybridized carbons (Fsp3) is 0.222. The highest BCUT2D eigenvalue weighted by molar-refractivity contribution is 7.78. The van der Waals surface area contributed by atoms with Gasteiger partial charge in [-0.15, -0.1) is 0 Å². The third kappa shape index (κ3) is 3.08. The van der Waals surface area contributed by atoms with Gasteiger partial charge in [0.2, 0.25) is 0 Å². The molecule has 11 heavy (non-hydrogen) atoms. The second-order valence-corrected chi connectivity index (χ2v) is 2.39. The normalized spacial score (nSPS) is 8.73. The van der Waals surface area contributed by atoms with E-state index in [0.717, 1.165) is 13.0 Å². The average Bonchev–Trinajstić information content (AvgIpc) is 2.07. The Balaban J connectivity index is 2.45. The monoisotopic (exact) mass is 165 g/mol. The van der Waals surface area contributed by atoms with Crippen LogP contribution >= 0.6 is 12.2 Å². The third-order valence-electron chi connectivity index (χ3n) is 1.42. The Morgan fingerprint density at radius 3 is 2.73 bits per heavy atom. The van der Waals surface area contributed by atoms with Crippen LogP contribution in [-0.2, 0) is 6.42 Å². The summed E-state index contributed by atoms with van der Waals surface area (Å²) in [7, 11) is 0. The van der Waals surface area contributed by atoms with E-state index in [4.69, 9.17) is 0 Å². The number of aliphatic imine (C=N–C) groups is 1. The first-order valence-electron chi connectivity index (χ1n) is 3.51. The molecule has 0 saturated heterocycles. The van der Waals surface area contributed by atoms with Crippen LogP contribution in [-0.4, -0.2) is 11.7 Å². The van der Waals surface area contributed by atoms with Gasteiger partial charge in [-0.05, 0) is 24.2 Å². The Morgan fingerprint density at radius 2 is 2.09 bits per heavy atom. The largest absolute Gasteiger partial charge is 0.232 e. The molecule has 0 aliphatic carbocycles. The first-order valence-corrected chi connectivity index (χ1v) is 3.92. The molecular formula is C9H9NS. The smallest absolute Gasteiger partial charge is 0.0585 e. The van der Waals surface area contributed by atoms with Gasteiger partial charge in [0.1, 0.15) is 0 Å². The lowest BCUT2D eigenvalue weighted by molar-refractivity contribution is 0.976. The fourth-order valence-electron chi connectivity index (χ4n) is 0.875. The van der Waals surface area contributed by atoms with Crippen LogP contribution in [0.4, 0.5) is 0 Å². The van der Waals surface area contributed by atoms with E-state index in [0.29, 0.717) is 0 Å². The summed E-state index contributed by atoms with van der Waals surface area (Å²) in [5.41, 5.74) is 1.29. The number of nitrogens with zero attached hydrogens (tertiary/aromatic N) is 1. The summed E-state index contributed by atoms with van der Waals surface area (Å²) in [5, 5.41) is 2.35. The van der Waals surface area contributed by atoms with Crippen molar-refractivity contribution in [1.82, 2.24) is 0 Å². The summed E-state index contributed by atoms with van der Waals surface area (Å²) in [6.07, 6.45) is 0.949. The highest BCUT2D eigenvalue weighted by Gasteiger charge is 1.87. The van der Waals surface area contributed by atoms with Crippen molar-refractivity contribution in [1.29, 1.82) is 0 Å². The van der Waals surface area contributed by atoms with Crippen molar-refractivity contribution >= 4 is 17.4 Å². The van der Waals surface area contributed by atoms with Crippen LogP contribution < -0.4 is 0 Å². The Labute approximate surface area is 71.8 Å². The predicted molar refractivity (Wildman–Crippen MR) is 50.0 cm³/mol. The van der Waals surface area contributed by atoms with Gasteiger partial charge >= 0.3 is 0 Å². The van der Waals surface area contributed by atoms with Crippen molar-refractivity contribution in [2.45, 2.75) is 6.42 Å². The molecule has 0 fully saturated rings. The molecule has 0 amide bonds. The predicted octanol–water partition coefficient (Wildman–Crippen LogP) is 2.33. The zero-order valence-corrected chi connectivity index (χ0v) is 6.97. The molecule has 0 heterocycles. The minimum Gasteiger partial charge on any atom is -0.232 e. The molecule has 0 atom stereocenters. The maximum Gasteiger partial charge on any atom is 0.0585 e. The highest BCUT2D eigenvalue weighted by Crippen LogP contribution is 1.98. The maximum absolute atomic E-state index is 4.45. The van der Waals surface area contributed by atoms with Crippen molar-refractivity contribution in [3.8, 4) is 0 Å². The van der Waals surface area contributed by atoms with Gasteiger partial charge in [-0.25, -0.2) is 4.99 Å². The Hall–Kier alpha value is -0.980. The quantitative estimate of drug-likeness (QED) is 0.494. The number of thiocarbonyl (C=S) groups is 1. The summed E-state index contributed by atoms with van der Waals surface area (Å²) < 4.78 is 0. The molecule has 1 nitrogen and oxygen atoms in total. The summed E-state index contributed by atoms with van der Waals surface area (Å²) in [6, 6.07) is 10.2. The summed E-state index contributed by atoms with van der Waals surface area (Å²) in [5.74, 6) is 0. The minimum absolute atomic E-state index is 0.744. The zero-order valence-electron chi connectivity index (χ0n) is 6.16. The van der Waals surface area contributed by atoms with Crippen LogP contribution in [0.3, 0.4) is 0 Å². The van der Waals surface area contributed by atoms with Crippen LogP contribution in [0.1, 0.15) is 5.56 Å². The molecule has 0 spiro atoms. The first kappa shape index (κ1) is 8.12. The molecule has 0 aromatic heterocycles. The van der Waals surface area contributed by atoms with E-state index in [1.807, 2.05) is 18.2 Å². The zero-order chi connectivity index (χ0) is 7.94. The molecule has 2 heteroatoms. The van der Waals surface area contributed by atoms with E-state index in [2.05, 4.69) is 34.5 Å². The SMILES string of the molecule is S=C=N[14CH2]Cc1ccccc1. The van der Waals surface area contributed by atoms with Gasteiger partial charge in [0, 0.05) is 0 Å². The minimum atomic E-state index is 0.744. The molecule has 1 aromatic rings. The van der Waals surface area contributed by atoms with Crippen molar-refractivity contribution in [3.63, 3.8) is 0 Å². The van der Waals surface area contributed by atoms with E-state index in [-0.39, 0.29) is 0 Å². The van der Waals surface area contributed by atoms with Crippen LogP contribution in [0.15, 0.2) is 35.3 Å². The number of rotatable bonds is 3. The molecule has 0 aliphatic rings. The van der Waals surface area contributed by atoms with Gasteiger partial charge in [0.25, 0.3) is 0 Å². The van der Waals surface area contributed by atoms with Crippen LogP contribution in [0.5, 0.6) is 0 Å². The number of hydrogen-bond acceptors (Lipinski definition) is 2. The molecule has 1 rings (SSSR count). The van der Waals surface area contributed by atoms with E-state index in [9.17, 15) is 0 Å². The molecule has 0 N–H and O–H groups in total. The summed E-state index contributed by atoms with van der Waals surface area (Å²) in [4.78, 5) is 3.83. The lowest BCUT2D eigenvalue weighted by Crippen LogP contribution is -1.87. The van der Waals surface area contributed by atoms with Crippen LogP contribution in [0, 0.1) is 0 Å². The Morgan fingerprint density at radius 1 is 1.36 bits per heavy atom.